The smallest absolute Gasteiger partial charge is 0.253 e. The van der Waals surface area contributed by atoms with E-state index in [9.17, 15) is 9.59 Å². The van der Waals surface area contributed by atoms with Gasteiger partial charge in [-0.15, -0.1) is 0 Å². The van der Waals surface area contributed by atoms with E-state index in [0.29, 0.717) is 28.7 Å². The minimum Gasteiger partial charge on any atom is -0.398 e. The van der Waals surface area contributed by atoms with Crippen LogP contribution in [0.5, 0.6) is 0 Å². The molecule has 0 aromatic heterocycles. The van der Waals surface area contributed by atoms with Crippen LogP contribution in [0, 0.1) is 0 Å². The summed E-state index contributed by atoms with van der Waals surface area (Å²) in [5.41, 5.74) is 6.65. The molecular formula is C12H14BrN3O2. The molecule has 1 aromatic rings. The van der Waals surface area contributed by atoms with Crippen molar-refractivity contribution >= 4 is 33.4 Å². The van der Waals surface area contributed by atoms with Gasteiger partial charge in [0.1, 0.15) is 6.04 Å². The van der Waals surface area contributed by atoms with Crippen molar-refractivity contribution in [3.8, 4) is 0 Å². The molecule has 1 aromatic carbocycles. The first-order chi connectivity index (χ1) is 8.50. The molecule has 1 aliphatic heterocycles. The highest BCUT2D eigenvalue weighted by Crippen LogP contribution is 2.24. The van der Waals surface area contributed by atoms with Crippen LogP contribution in [0.1, 0.15) is 16.8 Å². The zero-order chi connectivity index (χ0) is 13.3. The Morgan fingerprint density at radius 2 is 2.28 bits per heavy atom. The van der Waals surface area contributed by atoms with Crippen molar-refractivity contribution < 1.29 is 9.59 Å². The van der Waals surface area contributed by atoms with E-state index < -0.39 is 6.04 Å². The maximum atomic E-state index is 12.1. The lowest BCUT2D eigenvalue weighted by Gasteiger charge is -2.13. The molecule has 1 aliphatic rings. The van der Waals surface area contributed by atoms with Gasteiger partial charge in [-0.25, -0.2) is 0 Å². The van der Waals surface area contributed by atoms with Gasteiger partial charge in [-0.3, -0.25) is 9.59 Å². The number of hydrogen-bond donors (Lipinski definition) is 2. The highest BCUT2D eigenvalue weighted by atomic mass is 79.9. The third-order valence-corrected chi connectivity index (χ3v) is 3.89. The van der Waals surface area contributed by atoms with Crippen molar-refractivity contribution in [2.75, 3.05) is 19.3 Å². The van der Waals surface area contributed by atoms with Crippen molar-refractivity contribution in [2.45, 2.75) is 12.5 Å². The van der Waals surface area contributed by atoms with Gasteiger partial charge in [0.05, 0.1) is 10.0 Å². The molecule has 0 saturated carbocycles. The summed E-state index contributed by atoms with van der Waals surface area (Å²) in [7, 11) is 1.73. The third-order valence-electron chi connectivity index (χ3n) is 3.01. The lowest BCUT2D eigenvalue weighted by Crippen LogP contribution is -2.40. The van der Waals surface area contributed by atoms with Crippen LogP contribution in [0.4, 0.5) is 5.69 Å². The highest BCUT2D eigenvalue weighted by Gasteiger charge is 2.30. The Kier molecular flexibility index (Phi) is 3.56. The number of nitrogen functional groups attached to an aromatic ring is 1. The van der Waals surface area contributed by atoms with E-state index in [0.717, 1.165) is 0 Å². The number of likely N-dealkylation sites (tertiary alicyclic amines) is 1. The van der Waals surface area contributed by atoms with Crippen molar-refractivity contribution in [1.82, 2.24) is 10.2 Å². The van der Waals surface area contributed by atoms with Crippen LogP contribution >= 0.6 is 15.9 Å². The molecule has 96 valence electrons. The number of halogens is 1. The number of carbonyl (C=O) groups is 2. The molecule has 1 saturated heterocycles. The highest BCUT2D eigenvalue weighted by molar-refractivity contribution is 9.10. The fourth-order valence-electron chi connectivity index (χ4n) is 1.92. The quantitative estimate of drug-likeness (QED) is 0.800. The SMILES string of the molecule is CN1CCC(NC(=O)c2cccc(N)c2Br)C1=O. The van der Waals surface area contributed by atoms with Gasteiger partial charge in [-0.1, -0.05) is 6.07 Å². The van der Waals surface area contributed by atoms with E-state index in [2.05, 4.69) is 21.2 Å². The van der Waals surface area contributed by atoms with Gasteiger partial charge in [0.15, 0.2) is 0 Å². The van der Waals surface area contributed by atoms with Crippen molar-refractivity contribution in [2.24, 2.45) is 0 Å². The summed E-state index contributed by atoms with van der Waals surface area (Å²) >= 11 is 3.28. The van der Waals surface area contributed by atoms with Crippen LogP contribution in [-0.4, -0.2) is 36.3 Å². The van der Waals surface area contributed by atoms with Crippen LogP contribution < -0.4 is 11.1 Å². The summed E-state index contributed by atoms with van der Waals surface area (Å²) < 4.78 is 0.557. The zero-order valence-corrected chi connectivity index (χ0v) is 11.5. The molecule has 5 nitrogen and oxygen atoms in total. The normalized spacial score (nSPS) is 19.1. The second-order valence-electron chi connectivity index (χ2n) is 4.28. The molecule has 2 rings (SSSR count). The summed E-state index contributed by atoms with van der Waals surface area (Å²) in [4.78, 5) is 25.4. The third kappa shape index (κ3) is 2.33. The number of nitrogens with two attached hydrogens (primary N) is 1. The second kappa shape index (κ2) is 4.97. The number of amides is 2. The number of rotatable bonds is 2. The maximum Gasteiger partial charge on any atom is 0.253 e. The molecule has 1 atom stereocenters. The Morgan fingerprint density at radius 1 is 1.56 bits per heavy atom. The standard InChI is InChI=1S/C12H14BrN3O2/c1-16-6-5-9(12(16)18)15-11(17)7-3-2-4-8(14)10(7)13/h2-4,9H,5-6,14H2,1H3,(H,15,17). The van der Waals surface area contributed by atoms with Gasteiger partial charge in [0.25, 0.3) is 5.91 Å². The second-order valence-corrected chi connectivity index (χ2v) is 5.08. The first-order valence-electron chi connectivity index (χ1n) is 5.60. The largest absolute Gasteiger partial charge is 0.398 e. The van der Waals surface area contributed by atoms with E-state index in [1.165, 1.54) is 0 Å². The van der Waals surface area contributed by atoms with Crippen molar-refractivity contribution in [3.63, 3.8) is 0 Å². The monoisotopic (exact) mass is 311 g/mol. The summed E-state index contributed by atoms with van der Waals surface area (Å²) in [5, 5.41) is 2.73. The molecule has 6 heteroatoms. The number of benzene rings is 1. The Hall–Kier alpha value is -1.56. The van der Waals surface area contributed by atoms with E-state index in [1.807, 2.05) is 0 Å². The average molecular weight is 312 g/mol. The summed E-state index contributed by atoms with van der Waals surface area (Å²) in [5.74, 6) is -0.341. The van der Waals surface area contributed by atoms with Gasteiger partial charge < -0.3 is 16.0 Å². The number of nitrogens with zero attached hydrogens (tertiary/aromatic N) is 1. The first kappa shape index (κ1) is 12.9. The molecule has 0 bridgehead atoms. The van der Waals surface area contributed by atoms with E-state index in [4.69, 9.17) is 5.73 Å². The first-order valence-corrected chi connectivity index (χ1v) is 6.40. The van der Waals surface area contributed by atoms with Gasteiger partial charge in [-0.05, 0) is 34.5 Å². The molecule has 2 amide bonds. The molecule has 3 N–H and O–H groups in total. The van der Waals surface area contributed by atoms with Gasteiger partial charge in [0.2, 0.25) is 5.91 Å². The van der Waals surface area contributed by atoms with Crippen LogP contribution in [0.3, 0.4) is 0 Å². The lowest BCUT2D eigenvalue weighted by molar-refractivity contribution is -0.128. The summed E-state index contributed by atoms with van der Waals surface area (Å²) in [6.45, 7) is 0.669. The van der Waals surface area contributed by atoms with Crippen LogP contribution in [0.25, 0.3) is 0 Å². The number of nitrogens with one attached hydrogen (secondary N) is 1. The molecule has 0 spiro atoms. The number of hydrogen-bond acceptors (Lipinski definition) is 3. The minimum atomic E-state index is -0.434. The van der Waals surface area contributed by atoms with Crippen molar-refractivity contribution in [1.29, 1.82) is 0 Å². The molecule has 0 aliphatic carbocycles. The van der Waals surface area contributed by atoms with Crippen LogP contribution in [0.15, 0.2) is 22.7 Å². The lowest BCUT2D eigenvalue weighted by atomic mass is 10.1. The van der Waals surface area contributed by atoms with Gasteiger partial charge in [0, 0.05) is 19.3 Å². The maximum absolute atomic E-state index is 12.1. The Labute approximate surface area is 113 Å². The molecule has 1 fully saturated rings. The van der Waals surface area contributed by atoms with Gasteiger partial charge in [-0.2, -0.15) is 0 Å². The minimum absolute atomic E-state index is 0.0524. The number of anilines is 1. The summed E-state index contributed by atoms with van der Waals surface area (Å²) in [6.07, 6.45) is 0.640. The Morgan fingerprint density at radius 3 is 2.89 bits per heavy atom. The number of carbonyl (C=O) groups excluding carboxylic acids is 2. The molecule has 18 heavy (non-hydrogen) atoms. The molecular weight excluding hydrogens is 298 g/mol. The van der Waals surface area contributed by atoms with Gasteiger partial charge >= 0.3 is 0 Å². The molecule has 0 radical (unpaired) electrons. The van der Waals surface area contributed by atoms with Crippen LogP contribution in [0.2, 0.25) is 0 Å². The summed E-state index contributed by atoms with van der Waals surface area (Å²) in [6, 6.07) is 4.64. The van der Waals surface area contributed by atoms with E-state index >= 15 is 0 Å². The predicted molar refractivity (Wildman–Crippen MR) is 72.1 cm³/mol. The topological polar surface area (TPSA) is 75.4 Å². The zero-order valence-electron chi connectivity index (χ0n) is 9.94. The Balaban J connectivity index is 2.13. The fourth-order valence-corrected chi connectivity index (χ4v) is 2.36. The molecule has 1 unspecified atom stereocenters. The molecule has 1 heterocycles. The van der Waals surface area contributed by atoms with Crippen LogP contribution in [-0.2, 0) is 4.79 Å². The average Bonchev–Trinajstić information content (AvgIpc) is 2.64. The predicted octanol–water partition coefficient (Wildman–Crippen LogP) is 0.992. The Bertz CT molecular complexity index is 504. The van der Waals surface area contributed by atoms with E-state index in [1.54, 1.807) is 30.1 Å². The fraction of sp³-hybridized carbons (Fsp3) is 0.333. The van der Waals surface area contributed by atoms with E-state index in [-0.39, 0.29) is 11.8 Å². The van der Waals surface area contributed by atoms with Crippen molar-refractivity contribution in [3.05, 3.63) is 28.2 Å². The number of likely N-dealkylation sites (N-methyl/N-ethyl adjacent to an activating group) is 1.